The van der Waals surface area contributed by atoms with Gasteiger partial charge in [-0.3, -0.25) is 0 Å². The summed E-state index contributed by atoms with van der Waals surface area (Å²) in [5, 5.41) is 3.32. The molecule has 0 aliphatic rings. The molecule has 0 amide bonds. The third-order valence-corrected chi connectivity index (χ3v) is 3.79. The molecule has 0 spiro atoms. The second-order valence-corrected chi connectivity index (χ2v) is 5.89. The van der Waals surface area contributed by atoms with Crippen molar-refractivity contribution in [2.45, 2.75) is 13.5 Å². The smallest absolute Gasteiger partial charge is 0.227 e. The van der Waals surface area contributed by atoms with Gasteiger partial charge in [0.2, 0.25) is 5.95 Å². The van der Waals surface area contributed by atoms with E-state index in [4.69, 9.17) is 4.74 Å². The van der Waals surface area contributed by atoms with Crippen LogP contribution in [0.25, 0.3) is 0 Å². The molecule has 3 rings (SSSR count). The van der Waals surface area contributed by atoms with Gasteiger partial charge < -0.3 is 15.0 Å². The molecule has 3 aromatic rings. The highest BCUT2D eigenvalue weighted by molar-refractivity contribution is 5.59. The molecule has 5 heteroatoms. The van der Waals surface area contributed by atoms with Crippen LogP contribution >= 0.6 is 0 Å². The van der Waals surface area contributed by atoms with Crippen LogP contribution in [0.5, 0.6) is 5.75 Å². The van der Waals surface area contributed by atoms with Gasteiger partial charge in [0.15, 0.2) is 0 Å². The van der Waals surface area contributed by atoms with Crippen LogP contribution in [0.3, 0.4) is 0 Å². The van der Waals surface area contributed by atoms with Gasteiger partial charge >= 0.3 is 0 Å². The molecule has 0 fully saturated rings. The zero-order chi connectivity index (χ0) is 17.6. The van der Waals surface area contributed by atoms with E-state index in [1.807, 2.05) is 67.4 Å². The Morgan fingerprint density at radius 3 is 2.56 bits per heavy atom. The third kappa shape index (κ3) is 4.47. The molecule has 0 aliphatic heterocycles. The number of ether oxygens (including phenoxy) is 1. The van der Waals surface area contributed by atoms with E-state index in [0.717, 1.165) is 29.5 Å². The molecule has 0 aliphatic carbocycles. The molecule has 25 heavy (non-hydrogen) atoms. The van der Waals surface area contributed by atoms with Gasteiger partial charge in [-0.2, -0.15) is 4.98 Å². The first-order valence-electron chi connectivity index (χ1n) is 8.16. The van der Waals surface area contributed by atoms with E-state index in [2.05, 4.69) is 27.4 Å². The molecular weight excluding hydrogens is 312 g/mol. The van der Waals surface area contributed by atoms with Gasteiger partial charge in [0, 0.05) is 37.1 Å². The molecule has 0 bridgehead atoms. The van der Waals surface area contributed by atoms with Crippen LogP contribution in [0.15, 0.2) is 60.7 Å². The normalized spacial score (nSPS) is 10.4. The Morgan fingerprint density at radius 1 is 1.00 bits per heavy atom. The van der Waals surface area contributed by atoms with Gasteiger partial charge in [0.1, 0.15) is 11.6 Å². The van der Waals surface area contributed by atoms with E-state index in [1.54, 1.807) is 7.11 Å². The fraction of sp³-hybridized carbons (Fsp3) is 0.200. The van der Waals surface area contributed by atoms with Crippen LogP contribution in [-0.2, 0) is 6.54 Å². The van der Waals surface area contributed by atoms with Crippen molar-refractivity contribution in [3.05, 3.63) is 71.9 Å². The number of rotatable bonds is 6. The van der Waals surface area contributed by atoms with E-state index in [9.17, 15) is 0 Å². The van der Waals surface area contributed by atoms with Crippen molar-refractivity contribution < 1.29 is 4.74 Å². The molecule has 0 radical (unpaired) electrons. The van der Waals surface area contributed by atoms with Gasteiger partial charge in [-0.15, -0.1) is 0 Å². The molecule has 0 unspecified atom stereocenters. The summed E-state index contributed by atoms with van der Waals surface area (Å²) in [7, 11) is 3.65. The predicted molar refractivity (Wildman–Crippen MR) is 102 cm³/mol. The topological polar surface area (TPSA) is 50.3 Å². The largest absolute Gasteiger partial charge is 0.497 e. The third-order valence-electron chi connectivity index (χ3n) is 3.79. The van der Waals surface area contributed by atoms with Crippen molar-refractivity contribution in [1.29, 1.82) is 0 Å². The Labute approximate surface area is 148 Å². The van der Waals surface area contributed by atoms with Gasteiger partial charge in [-0.25, -0.2) is 4.98 Å². The SMILES string of the molecule is COc1cccc(Nc2cc(C)nc(N(C)Cc3ccccc3)n2)c1. The highest BCUT2D eigenvalue weighted by Gasteiger charge is 2.09. The lowest BCUT2D eigenvalue weighted by Gasteiger charge is -2.18. The quantitative estimate of drug-likeness (QED) is 0.733. The number of hydrogen-bond donors (Lipinski definition) is 1. The van der Waals surface area contributed by atoms with E-state index in [0.29, 0.717) is 5.95 Å². The summed E-state index contributed by atoms with van der Waals surface area (Å²) in [4.78, 5) is 11.2. The van der Waals surface area contributed by atoms with Crippen LogP contribution in [0.4, 0.5) is 17.5 Å². The lowest BCUT2D eigenvalue weighted by molar-refractivity contribution is 0.415. The Bertz CT molecular complexity index is 836. The lowest BCUT2D eigenvalue weighted by atomic mass is 10.2. The van der Waals surface area contributed by atoms with Gasteiger partial charge in [-0.1, -0.05) is 36.4 Å². The van der Waals surface area contributed by atoms with Gasteiger partial charge in [0.05, 0.1) is 7.11 Å². The number of aryl methyl sites for hydroxylation is 1. The first-order valence-corrected chi connectivity index (χ1v) is 8.16. The van der Waals surface area contributed by atoms with E-state index < -0.39 is 0 Å². The Morgan fingerprint density at radius 2 is 1.80 bits per heavy atom. The fourth-order valence-corrected chi connectivity index (χ4v) is 2.56. The van der Waals surface area contributed by atoms with Crippen molar-refractivity contribution in [1.82, 2.24) is 9.97 Å². The summed E-state index contributed by atoms with van der Waals surface area (Å²) in [6.45, 7) is 2.72. The van der Waals surface area contributed by atoms with Crippen molar-refractivity contribution in [2.24, 2.45) is 0 Å². The molecule has 1 N–H and O–H groups in total. The first kappa shape index (κ1) is 16.8. The molecule has 1 heterocycles. The summed E-state index contributed by atoms with van der Waals surface area (Å²) >= 11 is 0. The van der Waals surface area contributed by atoms with Crippen LogP contribution in [0, 0.1) is 6.92 Å². The summed E-state index contributed by atoms with van der Waals surface area (Å²) < 4.78 is 5.26. The molecule has 0 saturated carbocycles. The van der Waals surface area contributed by atoms with E-state index in [-0.39, 0.29) is 0 Å². The zero-order valence-corrected chi connectivity index (χ0v) is 14.7. The average molecular weight is 334 g/mol. The van der Waals surface area contributed by atoms with Crippen LogP contribution in [-0.4, -0.2) is 24.1 Å². The number of anilines is 3. The molecule has 128 valence electrons. The number of methoxy groups -OCH3 is 1. The maximum absolute atomic E-state index is 5.26. The fourth-order valence-electron chi connectivity index (χ4n) is 2.56. The van der Waals surface area contributed by atoms with Crippen LogP contribution in [0.2, 0.25) is 0 Å². The van der Waals surface area contributed by atoms with E-state index >= 15 is 0 Å². The van der Waals surface area contributed by atoms with Crippen molar-refractivity contribution in [3.8, 4) is 5.75 Å². The second kappa shape index (κ2) is 7.66. The maximum Gasteiger partial charge on any atom is 0.227 e. The second-order valence-electron chi connectivity index (χ2n) is 5.89. The summed E-state index contributed by atoms with van der Waals surface area (Å²) in [5.41, 5.74) is 3.06. The lowest BCUT2D eigenvalue weighted by Crippen LogP contribution is -2.19. The van der Waals surface area contributed by atoms with Crippen molar-refractivity contribution >= 4 is 17.5 Å². The van der Waals surface area contributed by atoms with Crippen molar-refractivity contribution in [3.63, 3.8) is 0 Å². The first-order chi connectivity index (χ1) is 12.1. The highest BCUT2D eigenvalue weighted by atomic mass is 16.5. The standard InChI is InChI=1S/C20H22N4O/c1-15-12-19(22-17-10-7-11-18(13-17)25-3)23-20(21-15)24(2)14-16-8-5-4-6-9-16/h4-13H,14H2,1-3H3,(H,21,22,23). The number of benzene rings is 2. The Kier molecular flexibility index (Phi) is 5.14. The monoisotopic (exact) mass is 334 g/mol. The maximum atomic E-state index is 5.26. The van der Waals surface area contributed by atoms with E-state index in [1.165, 1.54) is 5.56 Å². The average Bonchev–Trinajstić information content (AvgIpc) is 2.62. The molecule has 0 atom stereocenters. The van der Waals surface area contributed by atoms with Crippen LogP contribution in [0.1, 0.15) is 11.3 Å². The molecule has 5 nitrogen and oxygen atoms in total. The Hall–Kier alpha value is -3.08. The van der Waals surface area contributed by atoms with Gasteiger partial charge in [0.25, 0.3) is 0 Å². The number of nitrogens with one attached hydrogen (secondary N) is 1. The summed E-state index contributed by atoms with van der Waals surface area (Å²) in [5.74, 6) is 2.25. The number of hydrogen-bond acceptors (Lipinski definition) is 5. The molecule has 0 saturated heterocycles. The predicted octanol–water partition coefficient (Wildman–Crippen LogP) is 4.17. The molecular formula is C20H22N4O. The minimum Gasteiger partial charge on any atom is -0.497 e. The summed E-state index contributed by atoms with van der Waals surface area (Å²) in [6.07, 6.45) is 0. The Balaban J connectivity index is 1.80. The van der Waals surface area contributed by atoms with Gasteiger partial charge in [-0.05, 0) is 24.6 Å². The molecule has 2 aromatic carbocycles. The minimum atomic E-state index is 0.689. The number of nitrogens with zero attached hydrogens (tertiary/aromatic N) is 3. The summed E-state index contributed by atoms with van der Waals surface area (Å²) in [6, 6.07) is 20.0. The molecule has 1 aromatic heterocycles. The minimum absolute atomic E-state index is 0.689. The number of aromatic nitrogens is 2. The zero-order valence-electron chi connectivity index (χ0n) is 14.7. The highest BCUT2D eigenvalue weighted by Crippen LogP contribution is 2.22. The van der Waals surface area contributed by atoms with Crippen molar-refractivity contribution in [2.75, 3.05) is 24.4 Å². The van der Waals surface area contributed by atoms with Crippen LogP contribution < -0.4 is 15.0 Å².